The Hall–Kier alpha value is -2.86. The molecule has 1 saturated heterocycles. The highest BCUT2D eigenvalue weighted by Gasteiger charge is 2.20. The molecule has 0 N–H and O–H groups in total. The number of ether oxygens (including phenoxy) is 2. The predicted octanol–water partition coefficient (Wildman–Crippen LogP) is 2.46. The molecule has 1 aliphatic heterocycles. The number of methoxy groups -OCH3 is 2. The van der Waals surface area contributed by atoms with Gasteiger partial charge in [-0.15, -0.1) is 0 Å². The Bertz CT molecular complexity index is 785. The number of rotatable bonds is 6. The Kier molecular flexibility index (Phi) is 6.44. The van der Waals surface area contributed by atoms with Gasteiger partial charge in [-0.3, -0.25) is 14.7 Å². The van der Waals surface area contributed by atoms with Gasteiger partial charge in [-0.05, 0) is 35.9 Å². The number of carbonyl (C=O) groups is 1. The summed E-state index contributed by atoms with van der Waals surface area (Å²) in [7, 11) is 3.34. The molecule has 1 amide bonds. The van der Waals surface area contributed by atoms with Gasteiger partial charge in [0.2, 0.25) is 5.91 Å². The lowest BCUT2D eigenvalue weighted by Gasteiger charge is -2.34. The number of pyridine rings is 1. The molecule has 142 valence electrons. The van der Waals surface area contributed by atoms with Gasteiger partial charge in [0.15, 0.2) is 0 Å². The second-order valence-corrected chi connectivity index (χ2v) is 6.40. The van der Waals surface area contributed by atoms with E-state index in [1.54, 1.807) is 32.7 Å². The van der Waals surface area contributed by atoms with Gasteiger partial charge in [-0.2, -0.15) is 0 Å². The average molecular weight is 367 g/mol. The molecule has 1 aromatic carbocycles. The van der Waals surface area contributed by atoms with Gasteiger partial charge in [0, 0.05) is 56.8 Å². The third kappa shape index (κ3) is 5.08. The number of nitrogens with zero attached hydrogens (tertiary/aromatic N) is 3. The van der Waals surface area contributed by atoms with Crippen molar-refractivity contribution in [3.8, 4) is 11.5 Å². The Morgan fingerprint density at radius 1 is 1.15 bits per heavy atom. The Morgan fingerprint density at radius 3 is 2.63 bits per heavy atom. The highest BCUT2D eigenvalue weighted by Crippen LogP contribution is 2.25. The molecule has 0 aliphatic carbocycles. The molecule has 2 heterocycles. The molecular formula is C21H25N3O3. The summed E-state index contributed by atoms with van der Waals surface area (Å²) in [5.74, 6) is 1.71. The fourth-order valence-electron chi connectivity index (χ4n) is 3.12. The zero-order valence-electron chi connectivity index (χ0n) is 15.8. The van der Waals surface area contributed by atoms with E-state index in [2.05, 4.69) is 9.88 Å². The highest BCUT2D eigenvalue weighted by atomic mass is 16.5. The van der Waals surface area contributed by atoms with E-state index >= 15 is 0 Å². The number of carbonyl (C=O) groups excluding carboxylic acids is 1. The maximum atomic E-state index is 12.4. The van der Waals surface area contributed by atoms with Crippen molar-refractivity contribution in [1.29, 1.82) is 0 Å². The second kappa shape index (κ2) is 9.19. The zero-order chi connectivity index (χ0) is 19.1. The third-order valence-electron chi connectivity index (χ3n) is 4.67. The summed E-state index contributed by atoms with van der Waals surface area (Å²) >= 11 is 0. The summed E-state index contributed by atoms with van der Waals surface area (Å²) in [6.07, 6.45) is 6.89. The fourth-order valence-corrected chi connectivity index (χ4v) is 3.12. The number of hydrogen-bond donors (Lipinski definition) is 0. The molecule has 0 atom stereocenters. The number of piperazine rings is 1. The minimum atomic E-state index is 0.0393. The molecular weight excluding hydrogens is 342 g/mol. The van der Waals surface area contributed by atoms with Crippen molar-refractivity contribution >= 4 is 12.0 Å². The lowest BCUT2D eigenvalue weighted by Crippen LogP contribution is -2.47. The molecule has 6 heteroatoms. The molecule has 27 heavy (non-hydrogen) atoms. The van der Waals surface area contributed by atoms with Gasteiger partial charge in [0.1, 0.15) is 11.5 Å². The van der Waals surface area contributed by atoms with Crippen molar-refractivity contribution in [1.82, 2.24) is 14.8 Å². The summed E-state index contributed by atoms with van der Waals surface area (Å²) in [5.41, 5.74) is 2.02. The molecule has 0 unspecified atom stereocenters. The summed E-state index contributed by atoms with van der Waals surface area (Å²) in [6, 6.07) is 9.61. The van der Waals surface area contributed by atoms with Gasteiger partial charge in [0.05, 0.1) is 14.2 Å². The Balaban J connectivity index is 1.54. The molecule has 0 bridgehead atoms. The smallest absolute Gasteiger partial charge is 0.246 e. The van der Waals surface area contributed by atoms with Gasteiger partial charge in [0.25, 0.3) is 0 Å². The van der Waals surface area contributed by atoms with E-state index in [4.69, 9.17) is 9.47 Å². The fraction of sp³-hybridized carbons (Fsp3) is 0.333. The summed E-state index contributed by atoms with van der Waals surface area (Å²) in [5, 5.41) is 0. The van der Waals surface area contributed by atoms with Crippen LogP contribution in [-0.2, 0) is 11.3 Å². The van der Waals surface area contributed by atoms with Crippen LogP contribution in [0.5, 0.6) is 11.5 Å². The van der Waals surface area contributed by atoms with Crippen LogP contribution in [0.2, 0.25) is 0 Å². The van der Waals surface area contributed by atoms with Crippen LogP contribution in [0.1, 0.15) is 11.1 Å². The lowest BCUT2D eigenvalue weighted by atomic mass is 10.1. The molecule has 0 spiro atoms. The first kappa shape index (κ1) is 18.9. The number of benzene rings is 1. The van der Waals surface area contributed by atoms with Crippen molar-refractivity contribution in [2.75, 3.05) is 40.4 Å². The van der Waals surface area contributed by atoms with Crippen LogP contribution in [0.25, 0.3) is 6.08 Å². The minimum Gasteiger partial charge on any atom is -0.497 e. The van der Waals surface area contributed by atoms with Crippen molar-refractivity contribution in [2.45, 2.75) is 6.54 Å². The maximum absolute atomic E-state index is 12.4. The lowest BCUT2D eigenvalue weighted by molar-refractivity contribution is -0.127. The molecule has 1 aliphatic rings. The van der Waals surface area contributed by atoms with Crippen molar-refractivity contribution in [3.05, 3.63) is 59.9 Å². The minimum absolute atomic E-state index is 0.0393. The number of hydrogen-bond acceptors (Lipinski definition) is 5. The predicted molar refractivity (Wildman–Crippen MR) is 105 cm³/mol. The van der Waals surface area contributed by atoms with E-state index < -0.39 is 0 Å². The largest absolute Gasteiger partial charge is 0.497 e. The summed E-state index contributed by atoms with van der Waals surface area (Å²) in [4.78, 5) is 20.6. The maximum Gasteiger partial charge on any atom is 0.246 e. The first-order chi connectivity index (χ1) is 13.2. The van der Waals surface area contributed by atoms with E-state index in [1.807, 2.05) is 41.3 Å². The quantitative estimate of drug-likeness (QED) is 0.734. The van der Waals surface area contributed by atoms with Crippen LogP contribution in [0, 0.1) is 0 Å². The van der Waals surface area contributed by atoms with Crippen molar-refractivity contribution in [2.24, 2.45) is 0 Å². The van der Waals surface area contributed by atoms with E-state index in [0.29, 0.717) is 13.1 Å². The van der Waals surface area contributed by atoms with E-state index in [-0.39, 0.29) is 5.91 Å². The van der Waals surface area contributed by atoms with Crippen LogP contribution in [-0.4, -0.2) is 61.1 Å². The topological polar surface area (TPSA) is 54.9 Å². The van der Waals surface area contributed by atoms with Crippen molar-refractivity contribution < 1.29 is 14.3 Å². The number of aromatic nitrogens is 1. The zero-order valence-corrected chi connectivity index (χ0v) is 15.8. The molecule has 1 aromatic heterocycles. The van der Waals surface area contributed by atoms with Gasteiger partial charge >= 0.3 is 0 Å². The molecule has 2 aromatic rings. The first-order valence-corrected chi connectivity index (χ1v) is 9.00. The van der Waals surface area contributed by atoms with Gasteiger partial charge in [-0.25, -0.2) is 0 Å². The highest BCUT2D eigenvalue weighted by molar-refractivity contribution is 5.91. The molecule has 1 fully saturated rings. The second-order valence-electron chi connectivity index (χ2n) is 6.40. The Morgan fingerprint density at radius 2 is 1.96 bits per heavy atom. The van der Waals surface area contributed by atoms with E-state index in [9.17, 15) is 4.79 Å². The molecule has 3 rings (SSSR count). The first-order valence-electron chi connectivity index (χ1n) is 9.00. The van der Waals surface area contributed by atoms with E-state index in [0.717, 1.165) is 42.3 Å². The van der Waals surface area contributed by atoms with Crippen molar-refractivity contribution in [3.63, 3.8) is 0 Å². The monoisotopic (exact) mass is 367 g/mol. The van der Waals surface area contributed by atoms with Crippen LogP contribution in [0.15, 0.2) is 48.8 Å². The van der Waals surface area contributed by atoms with Crippen LogP contribution >= 0.6 is 0 Å². The summed E-state index contributed by atoms with van der Waals surface area (Å²) in [6.45, 7) is 3.85. The SMILES string of the molecule is COc1ccc(OC)c(CN2CCN(C(=O)/C=C/c3cccnc3)CC2)c1. The third-order valence-corrected chi connectivity index (χ3v) is 4.67. The van der Waals surface area contributed by atoms with E-state index in [1.165, 1.54) is 0 Å². The van der Waals surface area contributed by atoms with Gasteiger partial charge < -0.3 is 14.4 Å². The Labute approximate surface area is 160 Å². The summed E-state index contributed by atoms with van der Waals surface area (Å²) < 4.78 is 10.8. The van der Waals surface area contributed by atoms with Crippen LogP contribution in [0.4, 0.5) is 0 Å². The molecule has 0 saturated carbocycles. The average Bonchev–Trinajstić information content (AvgIpc) is 2.73. The van der Waals surface area contributed by atoms with Crippen LogP contribution in [0.3, 0.4) is 0 Å². The molecule has 0 radical (unpaired) electrons. The number of amides is 1. The van der Waals surface area contributed by atoms with Gasteiger partial charge in [-0.1, -0.05) is 6.07 Å². The van der Waals surface area contributed by atoms with Crippen LogP contribution < -0.4 is 9.47 Å². The standard InChI is InChI=1S/C21H25N3O3/c1-26-19-6-7-20(27-2)18(14-19)16-23-10-12-24(13-11-23)21(25)8-5-17-4-3-9-22-15-17/h3-9,14-15H,10-13,16H2,1-2H3/b8-5+. The normalized spacial score (nSPS) is 15.1. The molecule has 6 nitrogen and oxygen atoms in total.